The highest BCUT2D eigenvalue weighted by Gasteiger charge is 2.17. The van der Waals surface area contributed by atoms with Gasteiger partial charge in [-0.25, -0.2) is 4.39 Å². The molecule has 2 rings (SSSR count). The third-order valence-electron chi connectivity index (χ3n) is 3.15. The van der Waals surface area contributed by atoms with E-state index in [2.05, 4.69) is 5.10 Å². The van der Waals surface area contributed by atoms with Crippen molar-refractivity contribution in [2.45, 2.75) is 19.8 Å². The average Bonchev–Trinajstić information content (AvgIpc) is 2.69. The molecule has 6 heteroatoms. The molecule has 0 atom stereocenters. The number of nitrogen functional groups attached to an aromatic ring is 1. The summed E-state index contributed by atoms with van der Waals surface area (Å²) in [6, 6.07) is 4.03. The van der Waals surface area contributed by atoms with Crippen LogP contribution in [0.1, 0.15) is 28.7 Å². The molecule has 4 nitrogen and oxygen atoms in total. The molecule has 0 amide bonds. The number of nitrogens with two attached hydrogens (primary N) is 1. The molecule has 0 spiro atoms. The van der Waals surface area contributed by atoms with Crippen LogP contribution in [-0.2, 0) is 19.9 Å². The van der Waals surface area contributed by atoms with Crippen LogP contribution in [-0.4, -0.2) is 15.6 Å². The highest BCUT2D eigenvalue weighted by molar-refractivity contribution is 6.32. The third-order valence-corrected chi connectivity index (χ3v) is 3.59. The first kappa shape index (κ1) is 14.5. The number of hydrogen-bond donors (Lipinski definition) is 1. The van der Waals surface area contributed by atoms with Gasteiger partial charge in [-0.3, -0.25) is 9.48 Å². The monoisotopic (exact) mass is 295 g/mol. The summed E-state index contributed by atoms with van der Waals surface area (Å²) in [6.45, 7) is 1.94. The molecule has 2 aromatic rings. The smallest absolute Gasteiger partial charge is 0.168 e. The van der Waals surface area contributed by atoms with E-state index >= 15 is 0 Å². The number of Topliss-reactive ketones (excluding diaryl/α,β-unsaturated/α-hetero) is 1. The van der Waals surface area contributed by atoms with Crippen LogP contribution in [0.15, 0.2) is 18.2 Å². The van der Waals surface area contributed by atoms with E-state index in [9.17, 15) is 9.18 Å². The van der Waals surface area contributed by atoms with Crippen LogP contribution >= 0.6 is 11.6 Å². The van der Waals surface area contributed by atoms with Crippen LogP contribution in [0.25, 0.3) is 0 Å². The molecule has 1 heterocycles. The van der Waals surface area contributed by atoms with Gasteiger partial charge in [-0.05, 0) is 24.6 Å². The second-order valence-electron chi connectivity index (χ2n) is 4.52. The number of rotatable bonds is 4. The average molecular weight is 296 g/mol. The minimum Gasteiger partial charge on any atom is -0.396 e. The molecule has 0 radical (unpaired) electrons. The first-order valence-electron chi connectivity index (χ1n) is 6.22. The number of halogens is 2. The van der Waals surface area contributed by atoms with Crippen LogP contribution in [0.2, 0.25) is 5.02 Å². The molecule has 0 unspecified atom stereocenters. The molecule has 1 aromatic heterocycles. The van der Waals surface area contributed by atoms with E-state index in [0.717, 1.165) is 11.8 Å². The van der Waals surface area contributed by atoms with Gasteiger partial charge in [0, 0.05) is 12.6 Å². The molecule has 20 heavy (non-hydrogen) atoms. The highest BCUT2D eigenvalue weighted by atomic mass is 35.5. The van der Waals surface area contributed by atoms with Gasteiger partial charge < -0.3 is 5.73 Å². The fourth-order valence-corrected chi connectivity index (χ4v) is 2.33. The molecule has 0 saturated heterocycles. The van der Waals surface area contributed by atoms with Gasteiger partial charge >= 0.3 is 0 Å². The van der Waals surface area contributed by atoms with Crippen LogP contribution < -0.4 is 5.73 Å². The lowest BCUT2D eigenvalue weighted by atomic mass is 10.1. The first-order valence-corrected chi connectivity index (χ1v) is 6.60. The molecule has 2 N–H and O–H groups in total. The second-order valence-corrected chi connectivity index (χ2v) is 4.90. The third kappa shape index (κ3) is 2.67. The van der Waals surface area contributed by atoms with E-state index in [1.807, 2.05) is 6.92 Å². The van der Waals surface area contributed by atoms with Gasteiger partial charge in [0.2, 0.25) is 0 Å². The van der Waals surface area contributed by atoms with Crippen molar-refractivity contribution in [2.24, 2.45) is 7.05 Å². The Hall–Kier alpha value is -1.88. The number of aryl methyl sites for hydroxylation is 2. The Balaban J connectivity index is 2.28. The minimum absolute atomic E-state index is 0.0217. The zero-order chi connectivity index (χ0) is 14.9. The van der Waals surface area contributed by atoms with E-state index in [-0.39, 0.29) is 23.5 Å². The van der Waals surface area contributed by atoms with Crippen molar-refractivity contribution in [3.05, 3.63) is 46.0 Å². The van der Waals surface area contributed by atoms with Gasteiger partial charge in [0.25, 0.3) is 0 Å². The predicted molar refractivity (Wildman–Crippen MR) is 76.4 cm³/mol. The van der Waals surface area contributed by atoms with Crippen molar-refractivity contribution >= 4 is 23.1 Å². The van der Waals surface area contributed by atoms with Crippen LogP contribution in [0.3, 0.4) is 0 Å². The van der Waals surface area contributed by atoms with Crippen molar-refractivity contribution < 1.29 is 9.18 Å². The molecule has 0 bridgehead atoms. The zero-order valence-electron chi connectivity index (χ0n) is 11.3. The summed E-state index contributed by atoms with van der Waals surface area (Å²) in [6.07, 6.45) is 0.767. The van der Waals surface area contributed by atoms with E-state index in [1.54, 1.807) is 11.7 Å². The summed E-state index contributed by atoms with van der Waals surface area (Å²) in [5.41, 5.74) is 7.06. The Morgan fingerprint density at radius 1 is 1.50 bits per heavy atom. The molecule has 0 aliphatic carbocycles. The molecule has 0 aliphatic heterocycles. The lowest BCUT2D eigenvalue weighted by molar-refractivity contribution is 0.0990. The molecule has 1 aromatic carbocycles. The fourth-order valence-electron chi connectivity index (χ4n) is 1.97. The van der Waals surface area contributed by atoms with E-state index in [0.29, 0.717) is 17.1 Å². The number of benzene rings is 1. The number of carbonyl (C=O) groups is 1. The van der Waals surface area contributed by atoms with Crippen molar-refractivity contribution in [3.8, 4) is 0 Å². The topological polar surface area (TPSA) is 60.9 Å². The summed E-state index contributed by atoms with van der Waals surface area (Å²) >= 11 is 6.19. The van der Waals surface area contributed by atoms with E-state index < -0.39 is 5.82 Å². The largest absolute Gasteiger partial charge is 0.396 e. The van der Waals surface area contributed by atoms with Gasteiger partial charge in [-0.15, -0.1) is 0 Å². The molecule has 0 aliphatic rings. The normalized spacial score (nSPS) is 10.8. The van der Waals surface area contributed by atoms with E-state index in [1.165, 1.54) is 12.1 Å². The lowest BCUT2D eigenvalue weighted by Crippen LogP contribution is -2.09. The number of carbonyl (C=O) groups excluding carboxylic acids is 1. The summed E-state index contributed by atoms with van der Waals surface area (Å²) in [5, 5.41) is 4.74. The van der Waals surface area contributed by atoms with Crippen LogP contribution in [0.4, 0.5) is 10.1 Å². The van der Waals surface area contributed by atoms with Crippen molar-refractivity contribution in [1.29, 1.82) is 0 Å². The number of aromatic nitrogens is 2. The maximum atomic E-state index is 13.4. The fraction of sp³-hybridized carbons (Fsp3) is 0.286. The number of nitrogens with zero attached hydrogens (tertiary/aromatic N) is 2. The van der Waals surface area contributed by atoms with E-state index in [4.69, 9.17) is 17.3 Å². The van der Waals surface area contributed by atoms with Gasteiger partial charge in [0.05, 0.1) is 28.5 Å². The van der Waals surface area contributed by atoms with Gasteiger partial charge in [0.1, 0.15) is 5.82 Å². The summed E-state index contributed by atoms with van der Waals surface area (Å²) in [7, 11) is 1.73. The van der Waals surface area contributed by atoms with Gasteiger partial charge in [-0.1, -0.05) is 18.5 Å². The van der Waals surface area contributed by atoms with Crippen molar-refractivity contribution in [1.82, 2.24) is 9.78 Å². The second kappa shape index (κ2) is 5.63. The number of anilines is 1. The molecule has 106 valence electrons. The minimum atomic E-state index is -0.596. The summed E-state index contributed by atoms with van der Waals surface area (Å²) < 4.78 is 15.0. The Morgan fingerprint density at radius 3 is 2.75 bits per heavy atom. The quantitative estimate of drug-likeness (QED) is 0.697. The SMILES string of the molecule is CCc1nn(C)c(CC(=O)c2ccc(N)c(F)c2)c1Cl. The molecular formula is C14H15ClFN3O. The van der Waals surface area contributed by atoms with Gasteiger partial charge in [-0.2, -0.15) is 5.10 Å². The van der Waals surface area contributed by atoms with Crippen LogP contribution in [0, 0.1) is 5.82 Å². The lowest BCUT2D eigenvalue weighted by Gasteiger charge is -2.04. The maximum absolute atomic E-state index is 13.4. The van der Waals surface area contributed by atoms with Crippen molar-refractivity contribution in [2.75, 3.05) is 5.73 Å². The number of ketones is 1. The maximum Gasteiger partial charge on any atom is 0.168 e. The molecule has 0 saturated carbocycles. The standard InChI is InChI=1S/C14H15ClFN3O/c1-3-11-14(15)12(19(2)18-11)7-13(20)8-4-5-10(17)9(16)6-8/h4-6H,3,7,17H2,1-2H3. The van der Waals surface area contributed by atoms with Crippen LogP contribution in [0.5, 0.6) is 0 Å². The van der Waals surface area contributed by atoms with Gasteiger partial charge in [0.15, 0.2) is 5.78 Å². The Labute approximate surface area is 121 Å². The first-order chi connectivity index (χ1) is 9.43. The Bertz CT molecular complexity index is 667. The zero-order valence-corrected chi connectivity index (χ0v) is 12.0. The predicted octanol–water partition coefficient (Wildman–Crippen LogP) is 2.78. The summed E-state index contributed by atoms with van der Waals surface area (Å²) in [4.78, 5) is 12.2. The number of hydrogen-bond acceptors (Lipinski definition) is 3. The Morgan fingerprint density at radius 2 is 2.20 bits per heavy atom. The Kier molecular flexibility index (Phi) is 4.09. The summed E-state index contributed by atoms with van der Waals surface area (Å²) in [5.74, 6) is -0.822. The molecule has 0 fully saturated rings. The molecular weight excluding hydrogens is 281 g/mol. The highest BCUT2D eigenvalue weighted by Crippen LogP contribution is 2.23. The van der Waals surface area contributed by atoms with Crippen molar-refractivity contribution in [3.63, 3.8) is 0 Å².